The Morgan fingerprint density at radius 3 is 2.05 bits per heavy atom. The fraction of sp³-hybridized carbons (Fsp3) is 0.278. The highest BCUT2D eigenvalue weighted by atomic mass is 19.1. The first-order chi connectivity index (χ1) is 9.70. The summed E-state index contributed by atoms with van der Waals surface area (Å²) < 4.78 is 27.4. The first-order valence-corrected chi connectivity index (χ1v) is 6.81. The van der Waals surface area contributed by atoms with Crippen LogP contribution in [0.4, 0.5) is 8.78 Å². The molecule has 0 aliphatic heterocycles. The topological polar surface area (TPSA) is 17.1 Å². The molecule has 3 heteroatoms. The van der Waals surface area contributed by atoms with E-state index in [1.807, 2.05) is 12.1 Å². The lowest BCUT2D eigenvalue weighted by atomic mass is 9.86. The summed E-state index contributed by atoms with van der Waals surface area (Å²) in [6, 6.07) is 9.00. The van der Waals surface area contributed by atoms with Crippen LogP contribution in [-0.4, -0.2) is 5.78 Å². The number of benzene rings is 2. The van der Waals surface area contributed by atoms with Gasteiger partial charge in [0, 0.05) is 5.56 Å². The minimum absolute atomic E-state index is 0.0250. The molecule has 1 nitrogen and oxygen atoms in total. The molecule has 0 bridgehead atoms. The van der Waals surface area contributed by atoms with E-state index in [9.17, 15) is 13.6 Å². The molecule has 0 heterocycles. The zero-order valence-electron chi connectivity index (χ0n) is 12.6. The van der Waals surface area contributed by atoms with Crippen molar-refractivity contribution < 1.29 is 13.6 Å². The van der Waals surface area contributed by atoms with Crippen molar-refractivity contribution in [3.05, 3.63) is 70.3 Å². The molecule has 0 saturated carbocycles. The van der Waals surface area contributed by atoms with Gasteiger partial charge in [-0.2, -0.15) is 0 Å². The molecular formula is C18H18F2O. The third-order valence-corrected chi connectivity index (χ3v) is 3.51. The standard InChI is InChI=1S/C18H18F2O/c1-11-9-16(20)14(10-15(11)19)17(21)12-5-7-13(8-6-12)18(2,3)4/h5-10H,1-4H3. The van der Waals surface area contributed by atoms with Gasteiger partial charge in [0.15, 0.2) is 5.78 Å². The van der Waals surface area contributed by atoms with Crippen molar-refractivity contribution in [3.63, 3.8) is 0 Å². The maximum Gasteiger partial charge on any atom is 0.196 e. The molecular weight excluding hydrogens is 270 g/mol. The predicted octanol–water partition coefficient (Wildman–Crippen LogP) is 4.80. The Kier molecular flexibility index (Phi) is 3.95. The molecule has 2 aromatic carbocycles. The van der Waals surface area contributed by atoms with E-state index in [2.05, 4.69) is 20.8 Å². The second-order valence-corrected chi connectivity index (χ2v) is 6.24. The Labute approximate surface area is 123 Å². The van der Waals surface area contributed by atoms with Crippen LogP contribution in [0.5, 0.6) is 0 Å². The Morgan fingerprint density at radius 1 is 0.952 bits per heavy atom. The number of aryl methyl sites for hydroxylation is 1. The van der Waals surface area contributed by atoms with Crippen LogP contribution in [0.15, 0.2) is 36.4 Å². The Hall–Kier alpha value is -2.03. The van der Waals surface area contributed by atoms with Crippen molar-refractivity contribution in [1.29, 1.82) is 0 Å². The molecule has 0 saturated heterocycles. The van der Waals surface area contributed by atoms with Crippen LogP contribution in [-0.2, 0) is 5.41 Å². The molecule has 0 amide bonds. The second-order valence-electron chi connectivity index (χ2n) is 6.24. The van der Waals surface area contributed by atoms with E-state index in [0.29, 0.717) is 5.56 Å². The number of rotatable bonds is 2. The van der Waals surface area contributed by atoms with Crippen LogP contribution in [0.2, 0.25) is 0 Å². The van der Waals surface area contributed by atoms with Gasteiger partial charge in [0.05, 0.1) is 5.56 Å². The van der Waals surface area contributed by atoms with Crippen LogP contribution in [0.25, 0.3) is 0 Å². The van der Waals surface area contributed by atoms with Crippen LogP contribution in [0.3, 0.4) is 0 Å². The third kappa shape index (κ3) is 3.18. The largest absolute Gasteiger partial charge is 0.288 e. The average Bonchev–Trinajstić information content (AvgIpc) is 2.41. The summed E-state index contributed by atoms with van der Waals surface area (Å²) in [5.41, 5.74) is 1.36. The van der Waals surface area contributed by atoms with Crippen molar-refractivity contribution in [2.75, 3.05) is 0 Å². The van der Waals surface area contributed by atoms with Gasteiger partial charge in [0.25, 0.3) is 0 Å². The number of halogens is 2. The Bertz CT molecular complexity index is 680. The molecule has 0 N–H and O–H groups in total. The second kappa shape index (κ2) is 5.40. The van der Waals surface area contributed by atoms with Gasteiger partial charge in [-0.25, -0.2) is 8.78 Å². The van der Waals surface area contributed by atoms with Crippen molar-refractivity contribution >= 4 is 5.78 Å². The fourth-order valence-corrected chi connectivity index (χ4v) is 2.10. The van der Waals surface area contributed by atoms with E-state index in [0.717, 1.165) is 17.7 Å². The number of hydrogen-bond donors (Lipinski definition) is 0. The first-order valence-electron chi connectivity index (χ1n) is 6.81. The average molecular weight is 288 g/mol. The first kappa shape index (κ1) is 15.4. The molecule has 0 atom stereocenters. The summed E-state index contributed by atoms with van der Waals surface area (Å²) >= 11 is 0. The highest BCUT2D eigenvalue weighted by molar-refractivity contribution is 6.09. The van der Waals surface area contributed by atoms with Crippen LogP contribution in [0, 0.1) is 18.6 Å². The van der Waals surface area contributed by atoms with E-state index in [4.69, 9.17) is 0 Å². The van der Waals surface area contributed by atoms with Crippen LogP contribution >= 0.6 is 0 Å². The van der Waals surface area contributed by atoms with Crippen LogP contribution < -0.4 is 0 Å². The molecule has 0 aliphatic carbocycles. The molecule has 0 aliphatic rings. The SMILES string of the molecule is Cc1cc(F)c(C(=O)c2ccc(C(C)(C)C)cc2)cc1F. The van der Waals surface area contributed by atoms with Crippen molar-refractivity contribution in [3.8, 4) is 0 Å². The fourth-order valence-electron chi connectivity index (χ4n) is 2.10. The number of hydrogen-bond acceptors (Lipinski definition) is 1. The molecule has 110 valence electrons. The summed E-state index contributed by atoms with van der Waals surface area (Å²) in [6.07, 6.45) is 0. The van der Waals surface area contributed by atoms with Gasteiger partial charge >= 0.3 is 0 Å². The zero-order valence-corrected chi connectivity index (χ0v) is 12.6. The molecule has 0 aromatic heterocycles. The smallest absolute Gasteiger partial charge is 0.196 e. The van der Waals surface area contributed by atoms with Crippen molar-refractivity contribution in [1.82, 2.24) is 0 Å². The summed E-state index contributed by atoms with van der Waals surface area (Å²) in [5, 5.41) is 0. The van der Waals surface area contributed by atoms with E-state index in [1.54, 1.807) is 12.1 Å². The molecule has 0 fully saturated rings. The summed E-state index contributed by atoms with van der Waals surface area (Å²) in [4.78, 5) is 12.3. The molecule has 21 heavy (non-hydrogen) atoms. The Balaban J connectivity index is 2.39. The van der Waals surface area contributed by atoms with Gasteiger partial charge in [-0.1, -0.05) is 45.0 Å². The Morgan fingerprint density at radius 2 is 1.52 bits per heavy atom. The summed E-state index contributed by atoms with van der Waals surface area (Å²) in [7, 11) is 0. The lowest BCUT2D eigenvalue weighted by molar-refractivity contribution is 0.103. The molecule has 2 aromatic rings. The van der Waals surface area contributed by atoms with E-state index in [-0.39, 0.29) is 16.5 Å². The van der Waals surface area contributed by atoms with Gasteiger partial charge in [0.1, 0.15) is 11.6 Å². The van der Waals surface area contributed by atoms with E-state index >= 15 is 0 Å². The van der Waals surface area contributed by atoms with Gasteiger partial charge < -0.3 is 0 Å². The maximum atomic E-state index is 13.8. The minimum Gasteiger partial charge on any atom is -0.288 e. The molecule has 0 spiro atoms. The van der Waals surface area contributed by atoms with E-state index in [1.165, 1.54) is 6.92 Å². The van der Waals surface area contributed by atoms with Gasteiger partial charge in [0.2, 0.25) is 0 Å². The van der Waals surface area contributed by atoms with Gasteiger partial charge in [-0.05, 0) is 35.6 Å². The van der Waals surface area contributed by atoms with Gasteiger partial charge in [-0.3, -0.25) is 4.79 Å². The highest BCUT2D eigenvalue weighted by Gasteiger charge is 2.18. The zero-order chi connectivity index (χ0) is 15.8. The number of ketones is 1. The highest BCUT2D eigenvalue weighted by Crippen LogP contribution is 2.24. The minimum atomic E-state index is -0.696. The maximum absolute atomic E-state index is 13.8. The molecule has 2 rings (SSSR count). The van der Waals surface area contributed by atoms with Crippen molar-refractivity contribution in [2.45, 2.75) is 33.1 Å². The predicted molar refractivity (Wildman–Crippen MR) is 79.7 cm³/mol. The molecule has 0 unspecified atom stereocenters. The monoisotopic (exact) mass is 288 g/mol. The lowest BCUT2D eigenvalue weighted by Gasteiger charge is -2.19. The van der Waals surface area contributed by atoms with Crippen molar-refractivity contribution in [2.24, 2.45) is 0 Å². The summed E-state index contributed by atoms with van der Waals surface area (Å²) in [6.45, 7) is 7.67. The van der Waals surface area contributed by atoms with E-state index < -0.39 is 17.4 Å². The quantitative estimate of drug-likeness (QED) is 0.725. The number of carbonyl (C=O) groups excluding carboxylic acids is 1. The van der Waals surface area contributed by atoms with Gasteiger partial charge in [-0.15, -0.1) is 0 Å². The lowest BCUT2D eigenvalue weighted by Crippen LogP contribution is -2.12. The molecule has 0 radical (unpaired) electrons. The van der Waals surface area contributed by atoms with Crippen LogP contribution in [0.1, 0.15) is 47.8 Å². The number of carbonyl (C=O) groups is 1. The normalized spacial score (nSPS) is 11.5. The third-order valence-electron chi connectivity index (χ3n) is 3.51. The summed E-state index contributed by atoms with van der Waals surface area (Å²) in [5.74, 6) is -1.78.